The highest BCUT2D eigenvalue weighted by molar-refractivity contribution is 7.22. The van der Waals surface area contributed by atoms with Crippen molar-refractivity contribution in [2.45, 2.75) is 6.18 Å². The smallest absolute Gasteiger partial charge is 0.375 e. The maximum atomic E-state index is 12.8. The first kappa shape index (κ1) is 17.3. The molecule has 0 saturated heterocycles. The molecular formula is C15H10ClF3N4OS. The highest BCUT2D eigenvalue weighted by Crippen LogP contribution is 2.36. The largest absolute Gasteiger partial charge is 0.417 e. The fraction of sp³-hybridized carbons (Fsp3) is 0.0667. The Bertz CT molecular complexity index is 958. The van der Waals surface area contributed by atoms with Gasteiger partial charge in [0.25, 0.3) is 0 Å². The van der Waals surface area contributed by atoms with E-state index in [1.807, 2.05) is 0 Å². The summed E-state index contributed by atoms with van der Waals surface area (Å²) < 4.78 is 39.3. The number of thiazole rings is 1. The number of nitrogen functional groups attached to an aromatic ring is 1. The normalized spacial score (nSPS) is 11.5. The molecule has 3 rings (SSSR count). The Morgan fingerprint density at radius 3 is 2.44 bits per heavy atom. The van der Waals surface area contributed by atoms with Gasteiger partial charge in [0.15, 0.2) is 5.13 Å². The van der Waals surface area contributed by atoms with Gasteiger partial charge < -0.3 is 16.4 Å². The van der Waals surface area contributed by atoms with E-state index in [1.165, 1.54) is 17.4 Å². The van der Waals surface area contributed by atoms with Crippen LogP contribution >= 0.6 is 22.9 Å². The Labute approximate surface area is 148 Å². The van der Waals surface area contributed by atoms with Crippen molar-refractivity contribution < 1.29 is 18.0 Å². The Hall–Kier alpha value is -2.52. The molecule has 4 N–H and O–H groups in total. The molecule has 3 aromatic rings. The molecule has 0 radical (unpaired) electrons. The minimum atomic E-state index is -4.61. The molecule has 0 unspecified atom stereocenters. The summed E-state index contributed by atoms with van der Waals surface area (Å²) in [5, 5.41) is 4.84. The van der Waals surface area contributed by atoms with Crippen LogP contribution in [-0.2, 0) is 6.18 Å². The number of aromatic nitrogens is 1. The summed E-state index contributed by atoms with van der Waals surface area (Å²) in [5.41, 5.74) is 5.71. The molecule has 0 aliphatic rings. The van der Waals surface area contributed by atoms with E-state index in [4.69, 9.17) is 17.3 Å². The molecular weight excluding hydrogens is 377 g/mol. The topological polar surface area (TPSA) is 80.0 Å². The Kier molecular flexibility index (Phi) is 4.44. The summed E-state index contributed by atoms with van der Waals surface area (Å²) in [6.07, 6.45) is -4.61. The van der Waals surface area contributed by atoms with Gasteiger partial charge in [-0.1, -0.05) is 22.9 Å². The van der Waals surface area contributed by atoms with Gasteiger partial charge in [-0.3, -0.25) is 0 Å². The summed E-state index contributed by atoms with van der Waals surface area (Å²) in [6, 6.07) is 7.41. The standard InChI is InChI=1S/C15H10ClF3N4OS/c16-10-3-1-7(5-9(10)15(17,18)19)21-14(24)22-8-2-4-11-12(6-8)25-13(20)23-11/h1-6H,(H2,20,23)(H2,21,22,24). The van der Waals surface area contributed by atoms with Gasteiger partial charge in [-0.2, -0.15) is 13.2 Å². The summed E-state index contributed by atoms with van der Waals surface area (Å²) in [4.78, 5) is 16.1. The third-order valence-electron chi connectivity index (χ3n) is 3.19. The number of nitrogens with zero attached hydrogens (tertiary/aromatic N) is 1. The Balaban J connectivity index is 1.75. The minimum absolute atomic E-state index is 0.0302. The van der Waals surface area contributed by atoms with Crippen LogP contribution in [0.25, 0.3) is 10.2 Å². The van der Waals surface area contributed by atoms with Crippen molar-refractivity contribution in [3.8, 4) is 0 Å². The molecule has 0 atom stereocenters. The number of hydrogen-bond donors (Lipinski definition) is 3. The van der Waals surface area contributed by atoms with E-state index < -0.39 is 22.8 Å². The highest BCUT2D eigenvalue weighted by atomic mass is 35.5. The van der Waals surface area contributed by atoms with E-state index in [0.29, 0.717) is 16.3 Å². The third kappa shape index (κ3) is 3.94. The van der Waals surface area contributed by atoms with Gasteiger partial charge in [0, 0.05) is 11.4 Å². The molecule has 0 saturated carbocycles. The number of carbonyl (C=O) groups is 1. The number of fused-ring (bicyclic) bond motifs is 1. The van der Waals surface area contributed by atoms with Gasteiger partial charge in [-0.05, 0) is 36.4 Å². The monoisotopic (exact) mass is 386 g/mol. The average molecular weight is 387 g/mol. The lowest BCUT2D eigenvalue weighted by Crippen LogP contribution is -2.19. The van der Waals surface area contributed by atoms with Crippen molar-refractivity contribution >= 4 is 55.7 Å². The quantitative estimate of drug-likeness (QED) is 0.566. The predicted molar refractivity (Wildman–Crippen MR) is 93.1 cm³/mol. The Morgan fingerprint density at radius 1 is 1.12 bits per heavy atom. The number of nitrogens with two attached hydrogens (primary N) is 1. The molecule has 25 heavy (non-hydrogen) atoms. The molecule has 1 heterocycles. The zero-order valence-electron chi connectivity index (χ0n) is 12.3. The van der Waals surface area contributed by atoms with Gasteiger partial charge >= 0.3 is 12.2 Å². The van der Waals surface area contributed by atoms with E-state index in [0.717, 1.165) is 16.8 Å². The molecule has 0 aliphatic heterocycles. The lowest BCUT2D eigenvalue weighted by molar-refractivity contribution is -0.137. The molecule has 5 nitrogen and oxygen atoms in total. The van der Waals surface area contributed by atoms with Crippen LogP contribution in [0.3, 0.4) is 0 Å². The van der Waals surface area contributed by atoms with E-state index in [2.05, 4.69) is 15.6 Å². The minimum Gasteiger partial charge on any atom is -0.375 e. The lowest BCUT2D eigenvalue weighted by Gasteiger charge is -2.12. The zero-order chi connectivity index (χ0) is 18.2. The average Bonchev–Trinajstić information content (AvgIpc) is 2.87. The van der Waals surface area contributed by atoms with Crippen molar-refractivity contribution in [1.29, 1.82) is 0 Å². The molecule has 0 spiro atoms. The number of alkyl halides is 3. The summed E-state index contributed by atoms with van der Waals surface area (Å²) in [7, 11) is 0. The number of carbonyl (C=O) groups excluding carboxylic acids is 1. The molecule has 0 bridgehead atoms. The van der Waals surface area contributed by atoms with Crippen molar-refractivity contribution in [2.24, 2.45) is 0 Å². The van der Waals surface area contributed by atoms with Crippen LogP contribution in [0.5, 0.6) is 0 Å². The highest BCUT2D eigenvalue weighted by Gasteiger charge is 2.33. The summed E-state index contributed by atoms with van der Waals surface area (Å²) in [5.74, 6) is 0. The molecule has 2 amide bonds. The van der Waals surface area contributed by atoms with Crippen LogP contribution in [0.15, 0.2) is 36.4 Å². The van der Waals surface area contributed by atoms with Crippen LogP contribution in [0.1, 0.15) is 5.56 Å². The second-order valence-electron chi connectivity index (χ2n) is 5.01. The third-order valence-corrected chi connectivity index (χ3v) is 4.37. The van der Waals surface area contributed by atoms with Gasteiger partial charge in [0.2, 0.25) is 0 Å². The number of hydrogen-bond acceptors (Lipinski definition) is 4. The van der Waals surface area contributed by atoms with Crippen molar-refractivity contribution in [3.63, 3.8) is 0 Å². The molecule has 1 aromatic heterocycles. The van der Waals surface area contributed by atoms with Gasteiger partial charge in [-0.25, -0.2) is 9.78 Å². The lowest BCUT2D eigenvalue weighted by atomic mass is 10.2. The molecule has 2 aromatic carbocycles. The van der Waals surface area contributed by atoms with Crippen LogP contribution in [-0.4, -0.2) is 11.0 Å². The second-order valence-corrected chi connectivity index (χ2v) is 6.48. The van der Waals surface area contributed by atoms with E-state index in [9.17, 15) is 18.0 Å². The van der Waals surface area contributed by atoms with Crippen LogP contribution in [0.4, 0.5) is 34.5 Å². The fourth-order valence-corrected chi connectivity index (χ4v) is 3.13. The fourth-order valence-electron chi connectivity index (χ4n) is 2.13. The maximum Gasteiger partial charge on any atom is 0.417 e. The number of amides is 2. The van der Waals surface area contributed by atoms with Crippen LogP contribution < -0.4 is 16.4 Å². The van der Waals surface area contributed by atoms with E-state index in [-0.39, 0.29) is 5.69 Å². The number of nitrogens with one attached hydrogen (secondary N) is 2. The van der Waals surface area contributed by atoms with Crippen LogP contribution in [0.2, 0.25) is 5.02 Å². The summed E-state index contributed by atoms with van der Waals surface area (Å²) >= 11 is 6.80. The second kappa shape index (κ2) is 6.41. The number of halogens is 4. The zero-order valence-corrected chi connectivity index (χ0v) is 13.9. The molecule has 0 fully saturated rings. The SMILES string of the molecule is Nc1nc2ccc(NC(=O)Nc3ccc(Cl)c(C(F)(F)F)c3)cc2s1. The van der Waals surface area contributed by atoms with Crippen molar-refractivity contribution in [2.75, 3.05) is 16.4 Å². The van der Waals surface area contributed by atoms with E-state index in [1.54, 1.807) is 18.2 Å². The number of rotatable bonds is 2. The molecule has 0 aliphatic carbocycles. The van der Waals surface area contributed by atoms with Crippen LogP contribution in [0, 0.1) is 0 Å². The van der Waals surface area contributed by atoms with Crippen molar-refractivity contribution in [1.82, 2.24) is 4.98 Å². The van der Waals surface area contributed by atoms with Gasteiger partial charge in [0.1, 0.15) is 0 Å². The first-order valence-corrected chi connectivity index (χ1v) is 8.02. The predicted octanol–water partition coefficient (Wildman–Crippen LogP) is 5.19. The van der Waals surface area contributed by atoms with Gasteiger partial charge in [0.05, 0.1) is 20.8 Å². The number of anilines is 3. The Morgan fingerprint density at radius 2 is 1.76 bits per heavy atom. The molecule has 130 valence electrons. The van der Waals surface area contributed by atoms with E-state index >= 15 is 0 Å². The number of urea groups is 1. The summed E-state index contributed by atoms with van der Waals surface area (Å²) in [6.45, 7) is 0. The maximum absolute atomic E-state index is 12.8. The van der Waals surface area contributed by atoms with Crippen molar-refractivity contribution in [3.05, 3.63) is 47.0 Å². The number of benzene rings is 2. The molecule has 10 heteroatoms. The van der Waals surface area contributed by atoms with Gasteiger partial charge in [-0.15, -0.1) is 0 Å². The first-order chi connectivity index (χ1) is 11.7. The first-order valence-electron chi connectivity index (χ1n) is 6.83.